The number of imidazole rings is 1. The molecule has 3 aromatic heterocycles. The third kappa shape index (κ3) is 3.00. The number of nitrogens with one attached hydrogen (secondary N) is 1. The molecule has 1 fully saturated rings. The Labute approximate surface area is 163 Å². The van der Waals surface area contributed by atoms with E-state index in [0.717, 1.165) is 47.8 Å². The quantitative estimate of drug-likeness (QED) is 0.725. The molecule has 4 heterocycles. The number of likely N-dealkylation sites (tertiary alicyclic amines) is 1. The van der Waals surface area contributed by atoms with Gasteiger partial charge in [0.15, 0.2) is 17.0 Å². The molecule has 1 atom stereocenters. The maximum absolute atomic E-state index is 11.9. The molecule has 1 aliphatic rings. The van der Waals surface area contributed by atoms with Crippen molar-refractivity contribution < 1.29 is 4.79 Å². The van der Waals surface area contributed by atoms with Gasteiger partial charge in [-0.25, -0.2) is 15.0 Å². The molecular formula is C19H26N8O. The molecule has 0 aromatic carbocycles. The van der Waals surface area contributed by atoms with Gasteiger partial charge in [-0.05, 0) is 20.3 Å². The van der Waals surface area contributed by atoms with Gasteiger partial charge in [-0.1, -0.05) is 6.92 Å². The van der Waals surface area contributed by atoms with Crippen molar-refractivity contribution in [3.63, 3.8) is 0 Å². The van der Waals surface area contributed by atoms with Crippen LogP contribution in [0.5, 0.6) is 0 Å². The van der Waals surface area contributed by atoms with Crippen molar-refractivity contribution in [2.24, 2.45) is 7.05 Å². The predicted octanol–water partition coefficient (Wildman–Crippen LogP) is 1.98. The Bertz CT molecular complexity index is 1020. The maximum Gasteiger partial charge on any atom is 0.222 e. The highest BCUT2D eigenvalue weighted by atomic mass is 16.2. The average Bonchev–Trinajstić information content (AvgIpc) is 3.40. The summed E-state index contributed by atoms with van der Waals surface area (Å²) in [5, 5.41) is 7.91. The van der Waals surface area contributed by atoms with Gasteiger partial charge in [0.05, 0.1) is 11.8 Å². The van der Waals surface area contributed by atoms with Crippen molar-refractivity contribution in [2.45, 2.75) is 46.2 Å². The largest absolute Gasteiger partial charge is 0.364 e. The van der Waals surface area contributed by atoms with Gasteiger partial charge < -0.3 is 14.8 Å². The van der Waals surface area contributed by atoms with Gasteiger partial charge in [-0.2, -0.15) is 5.10 Å². The molecule has 0 aliphatic carbocycles. The van der Waals surface area contributed by atoms with E-state index < -0.39 is 0 Å². The first kappa shape index (κ1) is 18.4. The topological polar surface area (TPSA) is 93.8 Å². The fourth-order valence-corrected chi connectivity index (χ4v) is 3.85. The smallest absolute Gasteiger partial charge is 0.222 e. The fourth-order valence-electron chi connectivity index (χ4n) is 3.85. The van der Waals surface area contributed by atoms with Crippen LogP contribution < -0.4 is 5.32 Å². The second-order valence-electron chi connectivity index (χ2n) is 7.17. The zero-order valence-corrected chi connectivity index (χ0v) is 16.8. The molecule has 1 saturated heterocycles. The minimum absolute atomic E-state index is 0.170. The molecule has 28 heavy (non-hydrogen) atoms. The van der Waals surface area contributed by atoms with Crippen molar-refractivity contribution in [2.75, 3.05) is 18.4 Å². The zero-order valence-electron chi connectivity index (χ0n) is 16.8. The van der Waals surface area contributed by atoms with Gasteiger partial charge in [0, 0.05) is 44.8 Å². The normalized spacial score (nSPS) is 16.9. The highest BCUT2D eigenvalue weighted by Gasteiger charge is 2.27. The lowest BCUT2D eigenvalue weighted by Crippen LogP contribution is -2.31. The number of nitrogens with zero attached hydrogens (tertiary/aromatic N) is 7. The van der Waals surface area contributed by atoms with E-state index in [4.69, 9.17) is 4.98 Å². The summed E-state index contributed by atoms with van der Waals surface area (Å²) < 4.78 is 3.94. The van der Waals surface area contributed by atoms with E-state index >= 15 is 0 Å². The van der Waals surface area contributed by atoms with Gasteiger partial charge in [-0.15, -0.1) is 0 Å². The summed E-state index contributed by atoms with van der Waals surface area (Å²) in [5.74, 6) is 1.73. The molecule has 0 saturated carbocycles. The van der Waals surface area contributed by atoms with Crippen LogP contribution in [0, 0.1) is 6.92 Å². The summed E-state index contributed by atoms with van der Waals surface area (Å²) in [6.45, 7) is 8.31. The number of fused-ring (bicyclic) bond motifs is 1. The summed E-state index contributed by atoms with van der Waals surface area (Å²) in [7, 11) is 1.96. The van der Waals surface area contributed by atoms with Crippen molar-refractivity contribution in [3.05, 3.63) is 18.2 Å². The minimum atomic E-state index is 0.170. The number of carbonyl (C=O) groups excluding carboxylic acids is 1. The minimum Gasteiger partial charge on any atom is -0.364 e. The molecule has 9 nitrogen and oxygen atoms in total. The third-order valence-electron chi connectivity index (χ3n) is 5.48. The highest BCUT2D eigenvalue weighted by molar-refractivity contribution is 5.86. The molecule has 1 unspecified atom stereocenters. The molecule has 1 amide bonds. The van der Waals surface area contributed by atoms with Gasteiger partial charge in [0.25, 0.3) is 0 Å². The lowest BCUT2D eigenvalue weighted by atomic mass is 10.2. The Kier molecular flexibility index (Phi) is 4.74. The van der Waals surface area contributed by atoms with Gasteiger partial charge in [0.1, 0.15) is 12.2 Å². The standard InChI is InChI=1S/C19H26N8O/c1-5-15(28)26-8-7-13(10-26)23-17-16-19(21-11-20-17)25(4)18(24-16)14-9-22-27(6-2)12(14)3/h9,11,13H,5-8,10H2,1-4H3,(H,20,21,23). The SMILES string of the molecule is CCC(=O)N1CCC(Nc2ncnc3c2nc(-c2cnn(CC)c2C)n3C)C1. The molecule has 9 heteroatoms. The molecule has 0 bridgehead atoms. The molecule has 148 valence electrons. The monoisotopic (exact) mass is 382 g/mol. The first-order valence-corrected chi connectivity index (χ1v) is 9.78. The molecule has 4 rings (SSSR count). The summed E-state index contributed by atoms with van der Waals surface area (Å²) in [6, 6.07) is 0.170. The first-order chi connectivity index (χ1) is 13.5. The van der Waals surface area contributed by atoms with Crippen LogP contribution in [0.4, 0.5) is 5.82 Å². The number of anilines is 1. The van der Waals surface area contributed by atoms with Crippen LogP contribution in [-0.2, 0) is 18.4 Å². The Morgan fingerprint density at radius 2 is 2.14 bits per heavy atom. The van der Waals surface area contributed by atoms with Crippen LogP contribution in [-0.4, -0.2) is 59.2 Å². The summed E-state index contributed by atoms with van der Waals surface area (Å²) >= 11 is 0. The average molecular weight is 382 g/mol. The molecule has 1 N–H and O–H groups in total. The zero-order chi connectivity index (χ0) is 19.8. The predicted molar refractivity (Wildman–Crippen MR) is 107 cm³/mol. The Hall–Kier alpha value is -2.97. The molecule has 0 spiro atoms. The van der Waals surface area contributed by atoms with E-state index in [2.05, 4.69) is 27.3 Å². The van der Waals surface area contributed by atoms with Crippen LogP contribution >= 0.6 is 0 Å². The van der Waals surface area contributed by atoms with Crippen LogP contribution in [0.25, 0.3) is 22.6 Å². The van der Waals surface area contributed by atoms with Gasteiger partial charge >= 0.3 is 0 Å². The number of hydrogen-bond acceptors (Lipinski definition) is 6. The second-order valence-corrected chi connectivity index (χ2v) is 7.17. The Balaban J connectivity index is 1.66. The Morgan fingerprint density at radius 3 is 2.86 bits per heavy atom. The molecule has 3 aromatic rings. The Morgan fingerprint density at radius 1 is 1.32 bits per heavy atom. The number of aryl methyl sites for hydroxylation is 2. The lowest BCUT2D eigenvalue weighted by molar-refractivity contribution is -0.129. The third-order valence-corrected chi connectivity index (χ3v) is 5.48. The maximum atomic E-state index is 11.9. The van der Waals surface area contributed by atoms with E-state index in [1.54, 1.807) is 6.33 Å². The molecule has 1 aliphatic heterocycles. The van der Waals surface area contributed by atoms with Gasteiger partial charge in [0.2, 0.25) is 5.91 Å². The van der Waals surface area contributed by atoms with E-state index in [1.165, 1.54) is 0 Å². The van der Waals surface area contributed by atoms with Crippen LogP contribution in [0.2, 0.25) is 0 Å². The van der Waals surface area contributed by atoms with Crippen molar-refractivity contribution in [1.82, 2.24) is 34.2 Å². The number of amides is 1. The van der Waals surface area contributed by atoms with E-state index in [1.807, 2.05) is 41.2 Å². The van der Waals surface area contributed by atoms with Crippen molar-refractivity contribution in [3.8, 4) is 11.4 Å². The molecule has 0 radical (unpaired) electrons. The fraction of sp³-hybridized carbons (Fsp3) is 0.526. The second kappa shape index (κ2) is 7.21. The number of hydrogen-bond donors (Lipinski definition) is 1. The summed E-state index contributed by atoms with van der Waals surface area (Å²) in [5.41, 5.74) is 3.58. The van der Waals surface area contributed by atoms with Crippen molar-refractivity contribution >= 4 is 22.9 Å². The van der Waals surface area contributed by atoms with Crippen LogP contribution in [0.1, 0.15) is 32.4 Å². The van der Waals surface area contributed by atoms with E-state index in [0.29, 0.717) is 18.8 Å². The van der Waals surface area contributed by atoms with E-state index in [-0.39, 0.29) is 11.9 Å². The van der Waals surface area contributed by atoms with Crippen molar-refractivity contribution in [1.29, 1.82) is 0 Å². The molecular weight excluding hydrogens is 356 g/mol. The first-order valence-electron chi connectivity index (χ1n) is 9.78. The van der Waals surface area contributed by atoms with E-state index in [9.17, 15) is 4.79 Å². The highest BCUT2D eigenvalue weighted by Crippen LogP contribution is 2.28. The number of carbonyl (C=O) groups is 1. The summed E-state index contributed by atoms with van der Waals surface area (Å²) in [4.78, 5) is 27.5. The lowest BCUT2D eigenvalue weighted by Gasteiger charge is -2.16. The number of aromatic nitrogens is 6. The van der Waals surface area contributed by atoms with Gasteiger partial charge in [-0.3, -0.25) is 9.48 Å². The van der Waals surface area contributed by atoms with Crippen LogP contribution in [0.3, 0.4) is 0 Å². The summed E-state index contributed by atoms with van der Waals surface area (Å²) in [6.07, 6.45) is 4.85. The number of rotatable bonds is 5. The van der Waals surface area contributed by atoms with Crippen LogP contribution in [0.15, 0.2) is 12.5 Å².